The van der Waals surface area contributed by atoms with Crippen LogP contribution in [-0.4, -0.2) is 21.7 Å². The Kier molecular flexibility index (Phi) is 9.26. The number of hydrogen-bond donors (Lipinski definition) is 3. The fourth-order valence-electron chi connectivity index (χ4n) is 3.87. The average Bonchev–Trinajstić information content (AvgIpc) is 2.93. The van der Waals surface area contributed by atoms with E-state index in [9.17, 15) is 19.7 Å². The lowest BCUT2D eigenvalue weighted by molar-refractivity contribution is -0.384. The molecule has 0 heterocycles. The van der Waals surface area contributed by atoms with Crippen LogP contribution in [0.1, 0.15) is 33.7 Å². The van der Waals surface area contributed by atoms with Gasteiger partial charge in [0.05, 0.1) is 4.92 Å². The second kappa shape index (κ2) is 13.0. The van der Waals surface area contributed by atoms with Crippen LogP contribution in [-0.2, 0) is 4.79 Å². The van der Waals surface area contributed by atoms with Gasteiger partial charge in [-0.05, 0) is 85.7 Å². The van der Waals surface area contributed by atoms with Gasteiger partial charge in [0.15, 0.2) is 10.9 Å². The van der Waals surface area contributed by atoms with Crippen LogP contribution in [0.25, 0.3) is 0 Å². The van der Waals surface area contributed by atoms with Gasteiger partial charge in [0, 0.05) is 39.7 Å². The summed E-state index contributed by atoms with van der Waals surface area (Å²) in [5, 5.41) is 20.1. The summed E-state index contributed by atoms with van der Waals surface area (Å²) in [6.45, 7) is 3.24. The van der Waals surface area contributed by atoms with Crippen molar-refractivity contribution in [3.05, 3.63) is 124 Å². The van der Waals surface area contributed by atoms with Crippen molar-refractivity contribution in [3.63, 3.8) is 0 Å². The van der Waals surface area contributed by atoms with Gasteiger partial charge in [-0.15, -0.1) is 11.8 Å². The standard InChI is InChI=1S/C30H26N4O4S2/c1-19-17-25(34(37)38)15-16-27(19)33-29(36)28(22-7-4-3-5-8-22)40-26-10-6-9-24(18-26)32-30(39)31-23-13-11-21(12-14-23)20(2)35/h3-18,28H,1-2H3,(H,33,36)(H2,31,32,39). The predicted octanol–water partition coefficient (Wildman–Crippen LogP) is 7.39. The lowest BCUT2D eigenvalue weighted by atomic mass is 10.1. The summed E-state index contributed by atoms with van der Waals surface area (Å²) in [6.07, 6.45) is 0. The highest BCUT2D eigenvalue weighted by Gasteiger charge is 2.23. The van der Waals surface area contributed by atoms with E-state index in [1.165, 1.54) is 30.8 Å². The van der Waals surface area contributed by atoms with Crippen LogP contribution in [0.15, 0.2) is 102 Å². The summed E-state index contributed by atoms with van der Waals surface area (Å²) < 4.78 is 0. The molecule has 10 heteroatoms. The van der Waals surface area contributed by atoms with E-state index < -0.39 is 10.2 Å². The van der Waals surface area contributed by atoms with Crippen LogP contribution in [0.2, 0.25) is 0 Å². The van der Waals surface area contributed by atoms with Crippen LogP contribution in [0.5, 0.6) is 0 Å². The zero-order valence-electron chi connectivity index (χ0n) is 21.7. The monoisotopic (exact) mass is 570 g/mol. The Balaban J connectivity index is 1.49. The van der Waals surface area contributed by atoms with E-state index in [0.717, 1.165) is 21.8 Å². The topological polar surface area (TPSA) is 113 Å². The first kappa shape index (κ1) is 28.5. The molecule has 40 heavy (non-hydrogen) atoms. The Morgan fingerprint density at radius 1 is 0.850 bits per heavy atom. The largest absolute Gasteiger partial charge is 0.332 e. The van der Waals surface area contributed by atoms with Gasteiger partial charge >= 0.3 is 0 Å². The number of Topliss-reactive ketones (excluding diaryl/α,β-unsaturated/α-hetero) is 1. The Bertz CT molecular complexity index is 1560. The molecule has 1 atom stereocenters. The number of nitrogens with zero attached hydrogens (tertiary/aromatic N) is 1. The molecule has 1 amide bonds. The van der Waals surface area contributed by atoms with E-state index in [2.05, 4.69) is 16.0 Å². The first-order valence-corrected chi connectivity index (χ1v) is 13.5. The number of ketones is 1. The molecule has 0 radical (unpaired) electrons. The third-order valence-electron chi connectivity index (χ3n) is 5.91. The van der Waals surface area contributed by atoms with Gasteiger partial charge in [0.1, 0.15) is 5.25 Å². The second-order valence-corrected chi connectivity index (χ2v) is 10.5. The minimum atomic E-state index is -0.587. The number of nitrogens with one attached hydrogen (secondary N) is 3. The number of thiocarbonyl (C=S) groups is 1. The SMILES string of the molecule is CC(=O)c1ccc(NC(=S)Nc2cccc(SC(C(=O)Nc3ccc([N+](=O)[O-])cc3C)c3ccccc3)c2)cc1. The molecule has 0 aromatic heterocycles. The number of aryl methyl sites for hydroxylation is 1. The van der Waals surface area contributed by atoms with Gasteiger partial charge in [0.25, 0.3) is 5.69 Å². The van der Waals surface area contributed by atoms with E-state index in [4.69, 9.17) is 12.2 Å². The highest BCUT2D eigenvalue weighted by atomic mass is 32.2. The summed E-state index contributed by atoms with van der Waals surface area (Å²) in [5.41, 5.74) is 4.00. The number of nitro groups is 1. The molecule has 4 rings (SSSR count). The fraction of sp³-hybridized carbons (Fsp3) is 0.100. The Labute approximate surface area is 241 Å². The van der Waals surface area contributed by atoms with E-state index >= 15 is 0 Å². The molecule has 0 saturated carbocycles. The van der Waals surface area contributed by atoms with Crippen molar-refractivity contribution in [1.82, 2.24) is 0 Å². The molecule has 3 N–H and O–H groups in total. The van der Waals surface area contributed by atoms with Crippen LogP contribution < -0.4 is 16.0 Å². The molecule has 202 valence electrons. The number of carbonyl (C=O) groups excluding carboxylic acids is 2. The number of nitro benzene ring substituents is 1. The van der Waals surface area contributed by atoms with Crippen molar-refractivity contribution in [2.75, 3.05) is 16.0 Å². The molecular weight excluding hydrogens is 544 g/mol. The number of rotatable bonds is 9. The lowest BCUT2D eigenvalue weighted by Crippen LogP contribution is -2.20. The first-order chi connectivity index (χ1) is 19.2. The predicted molar refractivity (Wildman–Crippen MR) is 164 cm³/mol. The van der Waals surface area contributed by atoms with Crippen molar-refractivity contribution in [2.24, 2.45) is 0 Å². The quantitative estimate of drug-likeness (QED) is 0.0628. The van der Waals surface area contributed by atoms with Crippen LogP contribution in [0, 0.1) is 17.0 Å². The maximum Gasteiger partial charge on any atom is 0.269 e. The second-order valence-electron chi connectivity index (χ2n) is 8.89. The highest BCUT2D eigenvalue weighted by Crippen LogP contribution is 2.37. The number of amides is 1. The van der Waals surface area contributed by atoms with Gasteiger partial charge in [-0.1, -0.05) is 36.4 Å². The van der Waals surface area contributed by atoms with Crippen molar-refractivity contribution in [3.8, 4) is 0 Å². The van der Waals surface area contributed by atoms with Gasteiger partial charge in [-0.25, -0.2) is 0 Å². The molecule has 0 fully saturated rings. The van der Waals surface area contributed by atoms with Crippen LogP contribution in [0.4, 0.5) is 22.7 Å². The van der Waals surface area contributed by atoms with E-state index in [-0.39, 0.29) is 17.4 Å². The zero-order valence-corrected chi connectivity index (χ0v) is 23.3. The lowest BCUT2D eigenvalue weighted by Gasteiger charge is -2.18. The molecule has 0 saturated heterocycles. The first-order valence-electron chi connectivity index (χ1n) is 12.3. The Hall–Kier alpha value is -4.54. The van der Waals surface area contributed by atoms with Gasteiger partial charge in [0.2, 0.25) is 5.91 Å². The van der Waals surface area contributed by atoms with Crippen LogP contribution in [0.3, 0.4) is 0 Å². The van der Waals surface area contributed by atoms with Crippen molar-refractivity contribution in [1.29, 1.82) is 0 Å². The van der Waals surface area contributed by atoms with Crippen LogP contribution >= 0.6 is 24.0 Å². The summed E-state index contributed by atoms with van der Waals surface area (Å²) in [4.78, 5) is 36.4. The molecular formula is C30H26N4O4S2. The van der Waals surface area contributed by atoms with Crippen molar-refractivity contribution in [2.45, 2.75) is 24.0 Å². The molecule has 4 aromatic carbocycles. The van der Waals surface area contributed by atoms with Gasteiger partial charge in [-0.3, -0.25) is 19.7 Å². The fourth-order valence-corrected chi connectivity index (χ4v) is 5.18. The molecule has 0 aliphatic carbocycles. The Morgan fingerprint density at radius 3 is 2.20 bits per heavy atom. The highest BCUT2D eigenvalue weighted by molar-refractivity contribution is 8.00. The minimum absolute atomic E-state index is 0.00747. The molecule has 4 aromatic rings. The molecule has 0 aliphatic rings. The summed E-state index contributed by atoms with van der Waals surface area (Å²) in [7, 11) is 0. The van der Waals surface area contributed by atoms with E-state index in [1.807, 2.05) is 54.6 Å². The van der Waals surface area contributed by atoms with Gasteiger partial charge in [-0.2, -0.15) is 0 Å². The number of hydrogen-bond acceptors (Lipinski definition) is 6. The van der Waals surface area contributed by atoms with Crippen molar-refractivity contribution < 1.29 is 14.5 Å². The summed E-state index contributed by atoms with van der Waals surface area (Å²) in [5.74, 6) is -0.260. The summed E-state index contributed by atoms with van der Waals surface area (Å²) in [6, 6.07) is 28.3. The zero-order chi connectivity index (χ0) is 28.6. The normalized spacial score (nSPS) is 11.2. The third-order valence-corrected chi connectivity index (χ3v) is 7.37. The molecule has 0 spiro atoms. The number of anilines is 3. The molecule has 1 unspecified atom stereocenters. The summed E-state index contributed by atoms with van der Waals surface area (Å²) >= 11 is 6.84. The number of carbonyl (C=O) groups is 2. The number of benzene rings is 4. The molecule has 0 bridgehead atoms. The third kappa shape index (κ3) is 7.52. The smallest absolute Gasteiger partial charge is 0.269 e. The maximum atomic E-state index is 13.5. The number of thioether (sulfide) groups is 1. The Morgan fingerprint density at radius 2 is 1.55 bits per heavy atom. The number of non-ortho nitro benzene ring substituents is 1. The molecule has 0 aliphatic heterocycles. The van der Waals surface area contributed by atoms with E-state index in [0.29, 0.717) is 21.9 Å². The minimum Gasteiger partial charge on any atom is -0.332 e. The average molecular weight is 571 g/mol. The molecule has 8 nitrogen and oxygen atoms in total. The van der Waals surface area contributed by atoms with Crippen molar-refractivity contribution >= 4 is 63.5 Å². The van der Waals surface area contributed by atoms with Gasteiger partial charge < -0.3 is 16.0 Å². The maximum absolute atomic E-state index is 13.5. The van der Waals surface area contributed by atoms with E-state index in [1.54, 1.807) is 37.3 Å².